The minimum Gasteiger partial charge on any atom is -0.457 e. The number of halogens is 3. The number of urea groups is 1. The van der Waals surface area contributed by atoms with Gasteiger partial charge in [0, 0.05) is 5.56 Å². The number of amides is 4. The molecule has 0 atom stereocenters. The van der Waals surface area contributed by atoms with Crippen molar-refractivity contribution in [1.29, 1.82) is 0 Å². The summed E-state index contributed by atoms with van der Waals surface area (Å²) >= 11 is 12.1. The summed E-state index contributed by atoms with van der Waals surface area (Å²) in [7, 11) is 0. The van der Waals surface area contributed by atoms with E-state index < -0.39 is 23.7 Å². The zero-order valence-corrected chi connectivity index (χ0v) is 16.5. The minimum absolute atomic E-state index is 0.0113. The Labute approximate surface area is 179 Å². The molecule has 30 heavy (non-hydrogen) atoms. The van der Waals surface area contributed by atoms with Gasteiger partial charge in [0.05, 0.1) is 15.7 Å². The number of nitrogens with zero attached hydrogens (tertiary/aromatic N) is 1. The van der Waals surface area contributed by atoms with Crippen LogP contribution in [0.5, 0.6) is 0 Å². The van der Waals surface area contributed by atoms with Crippen LogP contribution in [0.3, 0.4) is 0 Å². The molecule has 1 aliphatic heterocycles. The van der Waals surface area contributed by atoms with Crippen molar-refractivity contribution in [3.63, 3.8) is 0 Å². The molecule has 0 spiro atoms. The Morgan fingerprint density at radius 2 is 1.77 bits per heavy atom. The van der Waals surface area contributed by atoms with Crippen molar-refractivity contribution >= 4 is 52.8 Å². The van der Waals surface area contributed by atoms with Crippen molar-refractivity contribution in [2.24, 2.45) is 0 Å². The van der Waals surface area contributed by atoms with E-state index in [0.717, 1.165) is 4.90 Å². The molecule has 0 aliphatic carbocycles. The normalized spacial score (nSPS) is 15.6. The van der Waals surface area contributed by atoms with Crippen molar-refractivity contribution in [1.82, 2.24) is 5.32 Å². The van der Waals surface area contributed by atoms with Crippen molar-refractivity contribution in [3.05, 3.63) is 81.8 Å². The van der Waals surface area contributed by atoms with Gasteiger partial charge in [-0.05, 0) is 42.5 Å². The van der Waals surface area contributed by atoms with E-state index in [1.807, 2.05) is 0 Å². The van der Waals surface area contributed by atoms with Crippen LogP contribution in [-0.4, -0.2) is 17.8 Å². The largest absolute Gasteiger partial charge is 0.457 e. The molecule has 6 nitrogen and oxygen atoms in total. The third kappa shape index (κ3) is 3.60. The number of imide groups is 2. The first-order valence-corrected chi connectivity index (χ1v) is 9.32. The van der Waals surface area contributed by atoms with Gasteiger partial charge in [0.25, 0.3) is 11.8 Å². The number of anilines is 1. The number of carbonyl (C=O) groups is 3. The summed E-state index contributed by atoms with van der Waals surface area (Å²) < 4.78 is 19.0. The molecule has 4 amide bonds. The Bertz CT molecular complexity index is 1240. The van der Waals surface area contributed by atoms with Gasteiger partial charge in [-0.2, -0.15) is 0 Å². The standard InChI is InChI=1S/C21H11Cl2FN2O4/c22-15-5-2-6-16(18(15)23)26-20(28)14(19(27)25-21(26)29)10-13-7-8-17(30-13)11-3-1-4-12(24)9-11/h1-10H,(H,25,27,29)/b14-10+. The smallest absolute Gasteiger partial charge is 0.336 e. The van der Waals surface area contributed by atoms with E-state index in [2.05, 4.69) is 5.32 Å². The maximum atomic E-state index is 13.4. The predicted octanol–water partition coefficient (Wildman–Crippen LogP) is 5.06. The van der Waals surface area contributed by atoms with Crippen LogP contribution in [0, 0.1) is 5.82 Å². The fourth-order valence-corrected chi connectivity index (χ4v) is 3.29. The predicted molar refractivity (Wildman–Crippen MR) is 110 cm³/mol. The number of furan rings is 1. The number of nitrogens with one attached hydrogen (secondary N) is 1. The quantitative estimate of drug-likeness (QED) is 0.452. The third-order valence-corrected chi connectivity index (χ3v) is 5.11. The second kappa shape index (κ2) is 7.78. The molecule has 1 N–H and O–H groups in total. The summed E-state index contributed by atoms with van der Waals surface area (Å²) in [5, 5.41) is 2.22. The van der Waals surface area contributed by atoms with Crippen molar-refractivity contribution in [2.45, 2.75) is 0 Å². The highest BCUT2D eigenvalue weighted by Crippen LogP contribution is 2.34. The number of benzene rings is 2. The SMILES string of the molecule is O=C1NC(=O)N(c2cccc(Cl)c2Cl)C(=O)/C1=C/c1ccc(-c2cccc(F)c2)o1. The van der Waals surface area contributed by atoms with Crippen molar-refractivity contribution < 1.29 is 23.2 Å². The van der Waals surface area contributed by atoms with Crippen LogP contribution < -0.4 is 10.2 Å². The van der Waals surface area contributed by atoms with Crippen LogP contribution in [0.25, 0.3) is 17.4 Å². The molecule has 2 heterocycles. The maximum Gasteiger partial charge on any atom is 0.336 e. The Balaban J connectivity index is 1.71. The molecule has 2 aromatic carbocycles. The van der Waals surface area contributed by atoms with Crippen LogP contribution in [-0.2, 0) is 9.59 Å². The second-order valence-electron chi connectivity index (χ2n) is 6.24. The van der Waals surface area contributed by atoms with Gasteiger partial charge in [-0.25, -0.2) is 14.1 Å². The average Bonchev–Trinajstić information content (AvgIpc) is 3.17. The summed E-state index contributed by atoms with van der Waals surface area (Å²) in [4.78, 5) is 38.2. The molecule has 3 aromatic rings. The zero-order chi connectivity index (χ0) is 21.4. The molecule has 1 saturated heterocycles. The summed E-state index contributed by atoms with van der Waals surface area (Å²) in [5.41, 5.74) is 0.178. The first-order valence-electron chi connectivity index (χ1n) is 8.56. The molecule has 0 radical (unpaired) electrons. The molecule has 0 unspecified atom stereocenters. The van der Waals surface area contributed by atoms with E-state index in [1.54, 1.807) is 12.1 Å². The lowest BCUT2D eigenvalue weighted by molar-refractivity contribution is -0.122. The maximum absolute atomic E-state index is 13.4. The first-order chi connectivity index (χ1) is 14.3. The van der Waals surface area contributed by atoms with Crippen molar-refractivity contribution in [3.8, 4) is 11.3 Å². The molecule has 0 bridgehead atoms. The van der Waals surface area contributed by atoms with Gasteiger partial charge < -0.3 is 4.42 Å². The average molecular weight is 445 g/mol. The first kappa shape index (κ1) is 19.9. The molecule has 0 saturated carbocycles. The van der Waals surface area contributed by atoms with Crippen LogP contribution >= 0.6 is 23.2 Å². The van der Waals surface area contributed by atoms with E-state index in [1.165, 1.54) is 48.5 Å². The highest BCUT2D eigenvalue weighted by molar-refractivity contribution is 6.46. The summed E-state index contributed by atoms with van der Waals surface area (Å²) in [6, 6.07) is 12.3. The fourth-order valence-electron chi connectivity index (χ4n) is 2.91. The van der Waals surface area contributed by atoms with Gasteiger partial charge in [-0.15, -0.1) is 0 Å². The van der Waals surface area contributed by atoms with Gasteiger partial charge in [0.1, 0.15) is 22.9 Å². The Hall–Kier alpha value is -3.42. The van der Waals surface area contributed by atoms with Crippen molar-refractivity contribution in [2.75, 3.05) is 4.90 Å². The molecule has 1 fully saturated rings. The lowest BCUT2D eigenvalue weighted by atomic mass is 10.1. The van der Waals surface area contributed by atoms with Gasteiger partial charge >= 0.3 is 6.03 Å². The molecular weight excluding hydrogens is 434 g/mol. The van der Waals surface area contributed by atoms with Gasteiger partial charge in [0.2, 0.25) is 0 Å². The number of barbiturate groups is 1. The lowest BCUT2D eigenvalue weighted by Gasteiger charge is -2.27. The van der Waals surface area contributed by atoms with E-state index in [0.29, 0.717) is 11.3 Å². The highest BCUT2D eigenvalue weighted by atomic mass is 35.5. The second-order valence-corrected chi connectivity index (χ2v) is 7.03. The van der Waals surface area contributed by atoms with E-state index >= 15 is 0 Å². The Kier molecular flexibility index (Phi) is 5.15. The lowest BCUT2D eigenvalue weighted by Crippen LogP contribution is -2.54. The Morgan fingerprint density at radius 1 is 1.00 bits per heavy atom. The molecule has 150 valence electrons. The Morgan fingerprint density at radius 3 is 2.53 bits per heavy atom. The molecule has 1 aliphatic rings. The summed E-state index contributed by atoms with van der Waals surface area (Å²) in [5.74, 6) is -1.70. The number of carbonyl (C=O) groups excluding carboxylic acids is 3. The molecule has 9 heteroatoms. The van der Waals surface area contributed by atoms with Crippen LogP contribution in [0.2, 0.25) is 10.0 Å². The van der Waals surface area contributed by atoms with Gasteiger partial charge in [-0.1, -0.05) is 41.4 Å². The number of rotatable bonds is 3. The van der Waals surface area contributed by atoms with E-state index in [-0.39, 0.29) is 27.1 Å². The fraction of sp³-hybridized carbons (Fsp3) is 0. The van der Waals surface area contributed by atoms with Gasteiger partial charge in [-0.3, -0.25) is 14.9 Å². The van der Waals surface area contributed by atoms with Crippen LogP contribution in [0.1, 0.15) is 5.76 Å². The zero-order valence-electron chi connectivity index (χ0n) is 15.0. The molecule has 4 rings (SSSR count). The number of hydrogen-bond acceptors (Lipinski definition) is 4. The summed E-state index contributed by atoms with van der Waals surface area (Å²) in [6.07, 6.45) is 1.19. The summed E-state index contributed by atoms with van der Waals surface area (Å²) in [6.45, 7) is 0. The molecule has 1 aromatic heterocycles. The van der Waals surface area contributed by atoms with Crippen LogP contribution in [0.4, 0.5) is 14.9 Å². The minimum atomic E-state index is -0.953. The van der Waals surface area contributed by atoms with E-state index in [4.69, 9.17) is 27.6 Å². The molecular formula is C21H11Cl2FN2O4. The van der Waals surface area contributed by atoms with Gasteiger partial charge in [0.15, 0.2) is 0 Å². The van der Waals surface area contributed by atoms with Crippen LogP contribution in [0.15, 0.2) is 64.6 Å². The monoisotopic (exact) mass is 444 g/mol. The highest BCUT2D eigenvalue weighted by Gasteiger charge is 2.38. The number of hydrogen-bond donors (Lipinski definition) is 1. The van der Waals surface area contributed by atoms with E-state index in [9.17, 15) is 18.8 Å². The topological polar surface area (TPSA) is 79.6 Å². The third-order valence-electron chi connectivity index (χ3n) is 4.30.